The first-order valence-corrected chi connectivity index (χ1v) is 3.97. The maximum atomic E-state index is 4.15. The Morgan fingerprint density at radius 3 is 2.55 bits per heavy atom. The van der Waals surface area contributed by atoms with Gasteiger partial charge < -0.3 is 0 Å². The monoisotopic (exact) mass is 149 g/mol. The molecule has 1 nitrogen and oxygen atoms in total. The third-order valence-electron chi connectivity index (χ3n) is 1.85. The summed E-state index contributed by atoms with van der Waals surface area (Å²) in [5, 5.41) is 0. The fraction of sp³-hybridized carbons (Fsp3) is 0.500. The molecule has 1 atom stereocenters. The van der Waals surface area contributed by atoms with Crippen LogP contribution in [0, 0.1) is 11.3 Å². The van der Waals surface area contributed by atoms with Crippen LogP contribution in [0.1, 0.15) is 20.8 Å². The van der Waals surface area contributed by atoms with E-state index in [1.54, 1.807) is 0 Å². The van der Waals surface area contributed by atoms with Crippen LogP contribution in [-0.2, 0) is 0 Å². The molecule has 0 N–H and O–H groups in total. The zero-order valence-electron chi connectivity index (χ0n) is 7.41. The Morgan fingerprint density at radius 1 is 1.18 bits per heavy atom. The zero-order valence-corrected chi connectivity index (χ0v) is 7.41. The highest BCUT2D eigenvalue weighted by molar-refractivity contribution is 5.65. The smallest absolute Gasteiger partial charge is 0.0264 e. The minimum absolute atomic E-state index is 0.284. The third-order valence-corrected chi connectivity index (χ3v) is 1.85. The molecule has 1 rings (SSSR count). The maximum Gasteiger partial charge on any atom is 0.0264 e. The summed E-state index contributed by atoms with van der Waals surface area (Å²) >= 11 is 0. The Bertz CT molecular complexity index is 187. The minimum atomic E-state index is 0.284. The highest BCUT2D eigenvalue weighted by atomic mass is 14.7. The van der Waals surface area contributed by atoms with E-state index in [1.807, 2.05) is 18.5 Å². The fourth-order valence-corrected chi connectivity index (χ4v) is 0.988. The Morgan fingerprint density at radius 2 is 1.91 bits per heavy atom. The van der Waals surface area contributed by atoms with Crippen LogP contribution in [-0.4, -0.2) is 6.21 Å². The van der Waals surface area contributed by atoms with Crippen molar-refractivity contribution in [2.45, 2.75) is 20.8 Å². The summed E-state index contributed by atoms with van der Waals surface area (Å²) in [6.07, 6.45) is 10.0. The molecule has 0 saturated carbocycles. The second kappa shape index (κ2) is 3.04. The van der Waals surface area contributed by atoms with Crippen molar-refractivity contribution in [2.24, 2.45) is 16.3 Å². The highest BCUT2D eigenvalue weighted by Gasteiger charge is 2.19. The average Bonchev–Trinajstić information content (AvgIpc) is 2.10. The first kappa shape index (κ1) is 8.25. The van der Waals surface area contributed by atoms with Crippen molar-refractivity contribution in [3.8, 4) is 0 Å². The van der Waals surface area contributed by atoms with E-state index in [1.165, 1.54) is 0 Å². The summed E-state index contributed by atoms with van der Waals surface area (Å²) in [5.41, 5.74) is 0.284. The van der Waals surface area contributed by atoms with Gasteiger partial charge in [-0.3, -0.25) is 4.99 Å². The van der Waals surface area contributed by atoms with Crippen LogP contribution in [0.5, 0.6) is 0 Å². The number of hydrogen-bond donors (Lipinski definition) is 0. The van der Waals surface area contributed by atoms with Crippen molar-refractivity contribution in [1.29, 1.82) is 0 Å². The van der Waals surface area contributed by atoms with Gasteiger partial charge in [-0.15, -0.1) is 0 Å². The van der Waals surface area contributed by atoms with Crippen molar-refractivity contribution in [1.82, 2.24) is 0 Å². The van der Waals surface area contributed by atoms with Gasteiger partial charge in [0.2, 0.25) is 0 Å². The van der Waals surface area contributed by atoms with Gasteiger partial charge in [0.1, 0.15) is 0 Å². The van der Waals surface area contributed by atoms with Crippen LogP contribution in [0.4, 0.5) is 0 Å². The van der Waals surface area contributed by atoms with E-state index in [0.717, 1.165) is 0 Å². The number of rotatable bonds is 0. The van der Waals surface area contributed by atoms with E-state index in [2.05, 4.69) is 37.9 Å². The van der Waals surface area contributed by atoms with Gasteiger partial charge in [0.25, 0.3) is 0 Å². The predicted octanol–water partition coefficient (Wildman–Crippen LogP) is 2.80. The lowest BCUT2D eigenvalue weighted by Crippen LogP contribution is -2.19. The molecular formula is C10H15N. The molecule has 0 radical (unpaired) electrons. The van der Waals surface area contributed by atoms with Crippen LogP contribution < -0.4 is 0 Å². The average molecular weight is 149 g/mol. The first-order valence-electron chi connectivity index (χ1n) is 3.97. The van der Waals surface area contributed by atoms with Crippen LogP contribution in [0.25, 0.3) is 0 Å². The Balaban J connectivity index is 2.75. The van der Waals surface area contributed by atoms with E-state index in [9.17, 15) is 0 Å². The molecule has 0 spiro atoms. The fourth-order valence-electron chi connectivity index (χ4n) is 0.988. The normalized spacial score (nSPS) is 23.7. The quantitative estimate of drug-likeness (QED) is 0.502. The van der Waals surface area contributed by atoms with E-state index in [-0.39, 0.29) is 5.41 Å². The molecule has 0 amide bonds. The van der Waals surface area contributed by atoms with Crippen molar-refractivity contribution < 1.29 is 0 Å². The molecule has 1 aliphatic heterocycles. The second-order valence-electron chi connectivity index (χ2n) is 3.92. The molecule has 60 valence electrons. The van der Waals surface area contributed by atoms with Crippen LogP contribution in [0.2, 0.25) is 0 Å². The van der Waals surface area contributed by atoms with Gasteiger partial charge in [-0.05, 0) is 11.5 Å². The Hall–Kier alpha value is -0.850. The molecule has 1 aliphatic rings. The van der Waals surface area contributed by atoms with Crippen molar-refractivity contribution in [3.05, 3.63) is 24.4 Å². The Kier molecular flexibility index (Phi) is 2.28. The number of aliphatic imine (C=N–C) groups is 1. The van der Waals surface area contributed by atoms with Gasteiger partial charge in [0.15, 0.2) is 0 Å². The lowest BCUT2D eigenvalue weighted by molar-refractivity contribution is 0.366. The third kappa shape index (κ3) is 2.34. The van der Waals surface area contributed by atoms with Crippen LogP contribution in [0.3, 0.4) is 0 Å². The van der Waals surface area contributed by atoms with E-state index in [4.69, 9.17) is 0 Å². The molecule has 0 bridgehead atoms. The molecule has 1 heterocycles. The van der Waals surface area contributed by atoms with Crippen LogP contribution in [0.15, 0.2) is 29.4 Å². The van der Waals surface area contributed by atoms with Gasteiger partial charge in [-0.2, -0.15) is 0 Å². The van der Waals surface area contributed by atoms with Crippen molar-refractivity contribution in [2.75, 3.05) is 0 Å². The van der Waals surface area contributed by atoms with Gasteiger partial charge >= 0.3 is 0 Å². The molecule has 1 heteroatoms. The molecule has 0 aromatic rings. The molecule has 0 fully saturated rings. The summed E-state index contributed by atoms with van der Waals surface area (Å²) in [6, 6.07) is 0. The van der Waals surface area contributed by atoms with Crippen LogP contribution >= 0.6 is 0 Å². The SMILES string of the molecule is CC(C)(C)C1C=CC=CN=C1. The largest absolute Gasteiger partial charge is 0.268 e. The van der Waals surface area contributed by atoms with Gasteiger partial charge in [0.05, 0.1) is 0 Å². The first-order chi connectivity index (χ1) is 5.11. The van der Waals surface area contributed by atoms with Crippen molar-refractivity contribution >= 4 is 6.21 Å². The van der Waals surface area contributed by atoms with Gasteiger partial charge in [-0.1, -0.05) is 32.9 Å². The molecule has 0 saturated heterocycles. The molecular weight excluding hydrogens is 134 g/mol. The Labute approximate surface area is 68.5 Å². The lowest BCUT2D eigenvalue weighted by Gasteiger charge is -2.23. The standard InChI is InChI=1S/C10H15N/c1-10(2,3)9-6-4-5-7-11-8-9/h4-9H,1-3H3. The topological polar surface area (TPSA) is 12.4 Å². The van der Waals surface area contributed by atoms with Gasteiger partial charge in [-0.25, -0.2) is 0 Å². The second-order valence-corrected chi connectivity index (χ2v) is 3.92. The molecule has 0 aromatic heterocycles. The maximum absolute atomic E-state index is 4.15. The van der Waals surface area contributed by atoms with E-state index < -0.39 is 0 Å². The summed E-state index contributed by atoms with van der Waals surface area (Å²) in [7, 11) is 0. The molecule has 0 aliphatic carbocycles. The summed E-state index contributed by atoms with van der Waals surface area (Å²) in [4.78, 5) is 4.15. The highest BCUT2D eigenvalue weighted by Crippen LogP contribution is 2.26. The zero-order chi connectivity index (χ0) is 8.32. The number of nitrogens with zero attached hydrogens (tertiary/aromatic N) is 1. The molecule has 1 unspecified atom stereocenters. The predicted molar refractivity (Wildman–Crippen MR) is 49.7 cm³/mol. The number of hydrogen-bond acceptors (Lipinski definition) is 1. The van der Waals surface area contributed by atoms with Crippen molar-refractivity contribution in [3.63, 3.8) is 0 Å². The van der Waals surface area contributed by atoms with E-state index in [0.29, 0.717) is 5.92 Å². The lowest BCUT2D eigenvalue weighted by atomic mass is 9.81. The van der Waals surface area contributed by atoms with E-state index >= 15 is 0 Å². The summed E-state index contributed by atoms with van der Waals surface area (Å²) in [5.74, 6) is 0.456. The summed E-state index contributed by atoms with van der Waals surface area (Å²) < 4.78 is 0. The summed E-state index contributed by atoms with van der Waals surface area (Å²) in [6.45, 7) is 6.66. The molecule has 11 heavy (non-hydrogen) atoms. The molecule has 0 aromatic carbocycles. The van der Waals surface area contributed by atoms with Gasteiger partial charge in [0, 0.05) is 18.3 Å². The minimum Gasteiger partial charge on any atom is -0.268 e. The number of allylic oxidation sites excluding steroid dienone is 3.